The Bertz CT molecular complexity index is 2210. The third-order valence-corrected chi connectivity index (χ3v) is 10.5. The van der Waals surface area contributed by atoms with Gasteiger partial charge in [0.25, 0.3) is 0 Å². The molecule has 8 aromatic rings. The van der Waals surface area contributed by atoms with Crippen LogP contribution in [0, 0.1) is 0 Å². The van der Waals surface area contributed by atoms with Crippen molar-refractivity contribution in [2.75, 3.05) is 66.0 Å². The van der Waals surface area contributed by atoms with Crippen LogP contribution in [0.15, 0.2) is 109 Å². The molecule has 9 rings (SSSR count). The summed E-state index contributed by atoms with van der Waals surface area (Å²) in [7, 11) is 0. The molecule has 0 N–H and O–H groups in total. The maximum absolute atomic E-state index is 6.51. The van der Waals surface area contributed by atoms with Crippen LogP contribution < -0.4 is 0 Å². The molecule has 6 nitrogen and oxygen atoms in total. The van der Waals surface area contributed by atoms with Crippen molar-refractivity contribution in [2.45, 2.75) is 19.2 Å². The molecule has 1 unspecified atom stereocenters. The largest absolute Gasteiger partial charge is 0.377 e. The van der Waals surface area contributed by atoms with Gasteiger partial charge in [0.15, 0.2) is 0 Å². The molecule has 51 heavy (non-hydrogen) atoms. The first-order chi connectivity index (χ1) is 25.3. The lowest BCUT2D eigenvalue weighted by molar-refractivity contribution is -0.0585. The lowest BCUT2D eigenvalue weighted by atomic mass is 9.91. The van der Waals surface area contributed by atoms with Crippen LogP contribution in [0.25, 0.3) is 64.6 Å². The Labute approximate surface area is 298 Å². The maximum atomic E-state index is 6.51. The Morgan fingerprint density at radius 1 is 0.412 bits per heavy atom. The van der Waals surface area contributed by atoms with Gasteiger partial charge in [0.2, 0.25) is 0 Å². The van der Waals surface area contributed by atoms with E-state index in [0.29, 0.717) is 66.0 Å². The van der Waals surface area contributed by atoms with E-state index >= 15 is 0 Å². The van der Waals surface area contributed by atoms with Gasteiger partial charge in [0.05, 0.1) is 65.6 Å². The van der Waals surface area contributed by atoms with Gasteiger partial charge in [-0.2, -0.15) is 0 Å². The van der Waals surface area contributed by atoms with Crippen LogP contribution in [0.2, 0.25) is 0 Å². The summed E-state index contributed by atoms with van der Waals surface area (Å²) in [6.45, 7) is 6.98. The van der Waals surface area contributed by atoms with E-state index in [0.717, 1.165) is 13.1 Å². The van der Waals surface area contributed by atoms with Crippen molar-refractivity contribution in [3.05, 3.63) is 120 Å². The second-order valence-electron chi connectivity index (χ2n) is 13.7. The molecule has 0 amide bonds. The Kier molecular flexibility index (Phi) is 9.36. The highest BCUT2D eigenvalue weighted by Crippen LogP contribution is 2.38. The van der Waals surface area contributed by atoms with Crippen LogP contribution in [0.3, 0.4) is 0 Å². The van der Waals surface area contributed by atoms with Crippen LogP contribution in [-0.2, 0) is 36.8 Å². The van der Waals surface area contributed by atoms with Crippen LogP contribution >= 0.6 is 0 Å². The summed E-state index contributed by atoms with van der Waals surface area (Å²) in [5.74, 6) is 0. The predicted octanol–water partition coefficient (Wildman–Crippen LogP) is 8.95. The van der Waals surface area contributed by atoms with Crippen molar-refractivity contribution in [3.63, 3.8) is 0 Å². The highest BCUT2D eigenvalue weighted by molar-refractivity contribution is 6.24. The van der Waals surface area contributed by atoms with E-state index in [-0.39, 0.29) is 6.10 Å². The summed E-state index contributed by atoms with van der Waals surface area (Å²) in [5.41, 5.74) is 2.63. The molecule has 1 saturated heterocycles. The highest BCUT2D eigenvalue weighted by Gasteiger charge is 2.21. The van der Waals surface area contributed by atoms with Crippen molar-refractivity contribution in [3.8, 4) is 0 Å². The van der Waals surface area contributed by atoms with Crippen LogP contribution in [0.4, 0.5) is 0 Å². The topological polar surface area (TPSA) is 49.4 Å². The molecule has 1 heterocycles. The second kappa shape index (κ2) is 14.7. The van der Waals surface area contributed by atoms with Crippen LogP contribution in [0.5, 0.6) is 0 Å². The molecule has 0 bridgehead atoms. The van der Waals surface area contributed by atoms with E-state index in [1.165, 1.54) is 75.8 Å². The molecule has 258 valence electrons. The molecular weight excluding hydrogens is 634 g/mol. The first-order valence-electron chi connectivity index (χ1n) is 18.3. The lowest BCUT2D eigenvalue weighted by Gasteiger charge is -2.29. The number of rotatable bonds is 6. The standard InChI is InChI=1S/C45H43NO5/c1-3-31-7-9-35-11-13-37(40-17-15-33(5-1)42(31)44(35)40)27-46(29-39-30-50-24-23-48-20-19-47-21-22-49-25-26-51-39)28-38-14-12-36-10-8-32-4-2-6-34-16-18-41(38)45(36)43(32)34/h1-18,39H,19-30H2. The minimum absolute atomic E-state index is 0.144. The zero-order chi connectivity index (χ0) is 34.0. The SMILES string of the molecule is c1cc2ccc3ccc(CN(Cc4ccc5ccc6cccc7ccc4c5c67)CC4COCCOCCOCCOCCO4)c4ccc(c1)c2c34. The quantitative estimate of drug-likeness (QED) is 0.164. The molecule has 0 aromatic heterocycles. The first-order valence-corrected chi connectivity index (χ1v) is 18.3. The highest BCUT2D eigenvalue weighted by atomic mass is 16.6. The third-order valence-electron chi connectivity index (χ3n) is 10.5. The van der Waals surface area contributed by atoms with Crippen molar-refractivity contribution >= 4 is 64.6 Å². The Morgan fingerprint density at radius 3 is 1.29 bits per heavy atom. The van der Waals surface area contributed by atoms with Gasteiger partial charge in [-0.3, -0.25) is 4.90 Å². The fourth-order valence-corrected chi connectivity index (χ4v) is 8.12. The fraction of sp³-hybridized carbons (Fsp3) is 0.289. The van der Waals surface area contributed by atoms with Crippen LogP contribution in [-0.4, -0.2) is 77.0 Å². The molecule has 1 aliphatic rings. The summed E-state index contributed by atoms with van der Waals surface area (Å²) < 4.78 is 29.8. The number of benzene rings is 8. The van der Waals surface area contributed by atoms with E-state index in [9.17, 15) is 0 Å². The molecule has 8 aromatic carbocycles. The lowest BCUT2D eigenvalue weighted by Crippen LogP contribution is -2.37. The minimum atomic E-state index is -0.144. The molecule has 0 radical (unpaired) electrons. The summed E-state index contributed by atoms with van der Waals surface area (Å²) in [6, 6.07) is 40.6. The number of hydrogen-bond donors (Lipinski definition) is 0. The smallest absolute Gasteiger partial charge is 0.0936 e. The number of hydrogen-bond acceptors (Lipinski definition) is 6. The summed E-state index contributed by atoms with van der Waals surface area (Å²) >= 11 is 0. The van der Waals surface area contributed by atoms with Gasteiger partial charge in [0, 0.05) is 19.6 Å². The molecule has 0 saturated carbocycles. The predicted molar refractivity (Wildman–Crippen MR) is 207 cm³/mol. The van der Waals surface area contributed by atoms with Gasteiger partial charge in [-0.05, 0) is 75.8 Å². The fourth-order valence-electron chi connectivity index (χ4n) is 8.12. The first kappa shape index (κ1) is 32.5. The van der Waals surface area contributed by atoms with E-state index < -0.39 is 0 Å². The summed E-state index contributed by atoms with van der Waals surface area (Å²) in [5, 5.41) is 15.7. The molecule has 0 aliphatic carbocycles. The molecule has 1 fully saturated rings. The Morgan fingerprint density at radius 2 is 0.804 bits per heavy atom. The summed E-state index contributed by atoms with van der Waals surface area (Å²) in [4.78, 5) is 2.55. The third kappa shape index (κ3) is 6.60. The van der Waals surface area contributed by atoms with E-state index in [1.54, 1.807) is 0 Å². The average Bonchev–Trinajstić information content (AvgIpc) is 3.18. The van der Waals surface area contributed by atoms with Gasteiger partial charge in [-0.1, -0.05) is 109 Å². The van der Waals surface area contributed by atoms with Crippen molar-refractivity contribution in [1.29, 1.82) is 0 Å². The van der Waals surface area contributed by atoms with Gasteiger partial charge in [-0.15, -0.1) is 0 Å². The zero-order valence-corrected chi connectivity index (χ0v) is 28.9. The Hall–Kier alpha value is -4.40. The van der Waals surface area contributed by atoms with Crippen molar-refractivity contribution < 1.29 is 23.7 Å². The van der Waals surface area contributed by atoms with Gasteiger partial charge in [-0.25, -0.2) is 0 Å². The number of ether oxygens (including phenoxy) is 5. The van der Waals surface area contributed by atoms with Gasteiger partial charge < -0.3 is 23.7 Å². The zero-order valence-electron chi connectivity index (χ0n) is 28.9. The molecule has 1 aliphatic heterocycles. The van der Waals surface area contributed by atoms with Crippen molar-refractivity contribution in [1.82, 2.24) is 4.90 Å². The average molecular weight is 678 g/mol. The minimum Gasteiger partial charge on any atom is -0.377 e. The Balaban J connectivity index is 1.09. The number of nitrogens with zero attached hydrogens (tertiary/aromatic N) is 1. The van der Waals surface area contributed by atoms with Crippen molar-refractivity contribution in [2.24, 2.45) is 0 Å². The summed E-state index contributed by atoms with van der Waals surface area (Å²) in [6.07, 6.45) is -0.144. The van der Waals surface area contributed by atoms with E-state index in [1.807, 2.05) is 0 Å². The van der Waals surface area contributed by atoms with E-state index in [2.05, 4.69) is 114 Å². The van der Waals surface area contributed by atoms with Gasteiger partial charge >= 0.3 is 0 Å². The van der Waals surface area contributed by atoms with Gasteiger partial charge in [0.1, 0.15) is 0 Å². The molecule has 6 heteroatoms. The monoisotopic (exact) mass is 677 g/mol. The molecular formula is C45H43NO5. The van der Waals surface area contributed by atoms with E-state index in [4.69, 9.17) is 23.7 Å². The normalized spacial score (nSPS) is 17.7. The molecule has 1 atom stereocenters. The maximum Gasteiger partial charge on any atom is 0.0936 e. The molecule has 0 spiro atoms. The second-order valence-corrected chi connectivity index (χ2v) is 13.7. The van der Waals surface area contributed by atoms with Crippen LogP contribution in [0.1, 0.15) is 11.1 Å².